The summed E-state index contributed by atoms with van der Waals surface area (Å²) in [6.07, 6.45) is -0.858. The zero-order valence-corrected chi connectivity index (χ0v) is 16.0. The summed E-state index contributed by atoms with van der Waals surface area (Å²) in [7, 11) is 0. The van der Waals surface area contributed by atoms with Gasteiger partial charge in [-0.25, -0.2) is 0 Å². The van der Waals surface area contributed by atoms with Crippen molar-refractivity contribution in [3.05, 3.63) is 48.0 Å². The molecule has 5 nitrogen and oxygen atoms in total. The van der Waals surface area contributed by atoms with Crippen LogP contribution in [-0.2, 0) is 30.3 Å². The summed E-state index contributed by atoms with van der Waals surface area (Å²) >= 11 is 0. The molecule has 0 radical (unpaired) electrons. The minimum Gasteiger partial charge on any atom is -0.367 e. The first-order valence-electron chi connectivity index (χ1n) is 9.60. The Bertz CT molecular complexity index is 825. The van der Waals surface area contributed by atoms with Crippen LogP contribution in [0.5, 0.6) is 0 Å². The molecule has 0 spiro atoms. The zero-order valence-electron chi connectivity index (χ0n) is 16.0. The van der Waals surface area contributed by atoms with Gasteiger partial charge in [-0.05, 0) is 36.6 Å². The van der Waals surface area contributed by atoms with Crippen molar-refractivity contribution in [2.45, 2.75) is 70.6 Å². The van der Waals surface area contributed by atoms with Crippen LogP contribution in [0.3, 0.4) is 0 Å². The van der Waals surface area contributed by atoms with Crippen LogP contribution in [0.1, 0.15) is 39.2 Å². The first kappa shape index (κ1) is 18.6. The molecular weight excluding hydrogens is 344 g/mol. The van der Waals surface area contributed by atoms with Crippen LogP contribution >= 0.6 is 0 Å². The molecule has 0 unspecified atom stereocenters. The summed E-state index contributed by atoms with van der Waals surface area (Å²) in [5.41, 5.74) is 1.08. The third-order valence-electron chi connectivity index (χ3n) is 5.12. The van der Waals surface area contributed by atoms with Gasteiger partial charge in [-0.1, -0.05) is 49.4 Å². The van der Waals surface area contributed by atoms with Crippen LogP contribution in [0.25, 0.3) is 10.8 Å². The van der Waals surface area contributed by atoms with Crippen molar-refractivity contribution in [2.75, 3.05) is 0 Å². The van der Waals surface area contributed by atoms with E-state index < -0.39 is 30.4 Å². The minimum atomic E-state index is -0.741. The van der Waals surface area contributed by atoms with Crippen molar-refractivity contribution >= 4 is 16.6 Å². The Morgan fingerprint density at radius 1 is 1.11 bits per heavy atom. The third-order valence-corrected chi connectivity index (χ3v) is 5.12. The lowest BCUT2D eigenvalue weighted by atomic mass is 10.0. The van der Waals surface area contributed by atoms with Gasteiger partial charge in [0.1, 0.15) is 18.3 Å². The van der Waals surface area contributed by atoms with E-state index in [-0.39, 0.29) is 5.78 Å². The van der Waals surface area contributed by atoms with Gasteiger partial charge in [0, 0.05) is 6.42 Å². The van der Waals surface area contributed by atoms with Crippen molar-refractivity contribution in [3.8, 4) is 0 Å². The highest BCUT2D eigenvalue weighted by molar-refractivity contribution is 5.85. The highest BCUT2D eigenvalue weighted by Gasteiger charge is 2.57. The van der Waals surface area contributed by atoms with Crippen LogP contribution in [0.2, 0.25) is 0 Å². The number of hydrogen-bond acceptors (Lipinski definition) is 5. The molecule has 2 saturated heterocycles. The maximum Gasteiger partial charge on any atom is 0.190 e. The number of ketones is 1. The molecule has 144 valence electrons. The van der Waals surface area contributed by atoms with Gasteiger partial charge in [0.05, 0.1) is 6.61 Å². The van der Waals surface area contributed by atoms with E-state index in [2.05, 4.69) is 24.3 Å². The zero-order chi connectivity index (χ0) is 19.0. The number of ether oxygens (including phenoxy) is 4. The quantitative estimate of drug-likeness (QED) is 0.770. The van der Waals surface area contributed by atoms with E-state index in [9.17, 15) is 4.79 Å². The second-order valence-electron chi connectivity index (χ2n) is 7.66. The molecule has 2 aromatic rings. The van der Waals surface area contributed by atoms with Crippen molar-refractivity contribution < 1.29 is 23.7 Å². The molecule has 2 aliphatic heterocycles. The Morgan fingerprint density at radius 3 is 2.70 bits per heavy atom. The third kappa shape index (κ3) is 3.65. The van der Waals surface area contributed by atoms with Gasteiger partial charge in [0.25, 0.3) is 0 Å². The molecule has 2 heterocycles. The second-order valence-corrected chi connectivity index (χ2v) is 7.66. The van der Waals surface area contributed by atoms with Gasteiger partial charge < -0.3 is 18.9 Å². The molecule has 0 amide bonds. The molecule has 2 aliphatic rings. The molecule has 0 N–H and O–H groups in total. The summed E-state index contributed by atoms with van der Waals surface area (Å²) in [5, 5.41) is 2.31. The van der Waals surface area contributed by atoms with Crippen molar-refractivity contribution in [1.29, 1.82) is 0 Å². The average molecular weight is 370 g/mol. The molecule has 5 heteroatoms. The smallest absolute Gasteiger partial charge is 0.190 e. The average Bonchev–Trinajstić information content (AvgIpc) is 3.12. The van der Waals surface area contributed by atoms with Crippen LogP contribution < -0.4 is 0 Å². The van der Waals surface area contributed by atoms with Crippen LogP contribution in [-0.4, -0.2) is 36.2 Å². The fourth-order valence-corrected chi connectivity index (χ4v) is 3.91. The second kappa shape index (κ2) is 7.32. The molecule has 2 aromatic carbocycles. The highest BCUT2D eigenvalue weighted by Crippen LogP contribution is 2.39. The summed E-state index contributed by atoms with van der Waals surface area (Å²) in [4.78, 5) is 12.6. The van der Waals surface area contributed by atoms with Crippen LogP contribution in [0.15, 0.2) is 42.5 Å². The fourth-order valence-electron chi connectivity index (χ4n) is 3.91. The molecule has 0 saturated carbocycles. The summed E-state index contributed by atoms with van der Waals surface area (Å²) in [6.45, 7) is 6.06. The van der Waals surface area contributed by atoms with E-state index in [1.807, 2.05) is 39.0 Å². The van der Waals surface area contributed by atoms with E-state index >= 15 is 0 Å². The monoisotopic (exact) mass is 370 g/mol. The lowest BCUT2D eigenvalue weighted by molar-refractivity contribution is -0.218. The number of fused-ring (bicyclic) bond motifs is 2. The molecule has 2 fully saturated rings. The van der Waals surface area contributed by atoms with Crippen molar-refractivity contribution in [2.24, 2.45) is 0 Å². The summed E-state index contributed by atoms with van der Waals surface area (Å²) in [5.74, 6) is -0.699. The van der Waals surface area contributed by atoms with E-state index in [4.69, 9.17) is 18.9 Å². The lowest BCUT2D eigenvalue weighted by Gasteiger charge is -2.25. The van der Waals surface area contributed by atoms with Crippen molar-refractivity contribution in [1.82, 2.24) is 0 Å². The van der Waals surface area contributed by atoms with Gasteiger partial charge in [-0.15, -0.1) is 0 Å². The number of carbonyl (C=O) groups excluding carboxylic acids is 1. The molecule has 0 aliphatic carbocycles. The molecule has 27 heavy (non-hydrogen) atoms. The maximum absolute atomic E-state index is 12.6. The Hall–Kier alpha value is -1.79. The Balaban J connectivity index is 1.56. The fraction of sp³-hybridized carbons (Fsp3) is 0.500. The van der Waals surface area contributed by atoms with Gasteiger partial charge in [0.15, 0.2) is 17.9 Å². The van der Waals surface area contributed by atoms with Gasteiger partial charge in [-0.3, -0.25) is 4.79 Å². The standard InChI is InChI=1S/C22H26O5/c1-4-8-17(23)18-19(20-21(25-18)27-22(2,3)26-20)24-13-15-11-7-10-14-9-5-6-12-16(14)15/h5-7,9-12,18-21H,4,8,13H2,1-3H3/t18-,19+,20-,21-/m1/s1. The van der Waals surface area contributed by atoms with Gasteiger partial charge >= 0.3 is 0 Å². The summed E-state index contributed by atoms with van der Waals surface area (Å²) in [6, 6.07) is 14.4. The minimum absolute atomic E-state index is 0.0415. The Kier molecular flexibility index (Phi) is 5.03. The number of benzene rings is 2. The predicted octanol–water partition coefficient (Wildman–Crippen LogP) is 3.97. The Morgan fingerprint density at radius 2 is 1.89 bits per heavy atom. The first-order valence-corrected chi connectivity index (χ1v) is 9.60. The van der Waals surface area contributed by atoms with Crippen molar-refractivity contribution in [3.63, 3.8) is 0 Å². The SMILES string of the molecule is CCCC(=O)[C@H]1O[C@@H]2OC(C)(C)O[C@@H]2[C@H]1OCc1cccc2ccccc12. The topological polar surface area (TPSA) is 54.0 Å². The molecular formula is C22H26O5. The highest BCUT2D eigenvalue weighted by atomic mass is 16.8. The Labute approximate surface area is 159 Å². The van der Waals surface area contributed by atoms with E-state index in [0.717, 1.165) is 17.4 Å². The number of rotatable bonds is 6. The van der Waals surface area contributed by atoms with Gasteiger partial charge in [-0.2, -0.15) is 0 Å². The van der Waals surface area contributed by atoms with Crippen LogP contribution in [0, 0.1) is 0 Å². The normalized spacial score (nSPS) is 29.1. The number of carbonyl (C=O) groups is 1. The largest absolute Gasteiger partial charge is 0.367 e. The molecule has 4 atom stereocenters. The van der Waals surface area contributed by atoms with Crippen LogP contribution in [0.4, 0.5) is 0 Å². The number of hydrogen-bond donors (Lipinski definition) is 0. The molecule has 0 bridgehead atoms. The maximum atomic E-state index is 12.6. The molecule has 4 rings (SSSR count). The summed E-state index contributed by atoms with van der Waals surface area (Å²) < 4.78 is 23.9. The van der Waals surface area contributed by atoms with E-state index in [0.29, 0.717) is 13.0 Å². The lowest BCUT2D eigenvalue weighted by Crippen LogP contribution is -2.40. The molecule has 0 aromatic heterocycles. The first-order chi connectivity index (χ1) is 13.0. The van der Waals surface area contributed by atoms with E-state index in [1.165, 1.54) is 5.39 Å². The van der Waals surface area contributed by atoms with Gasteiger partial charge in [0.2, 0.25) is 0 Å². The predicted molar refractivity (Wildman–Crippen MR) is 101 cm³/mol. The van der Waals surface area contributed by atoms with E-state index in [1.54, 1.807) is 0 Å². The number of Topliss-reactive ketones (excluding diaryl/α,β-unsaturated/α-hetero) is 1.